The van der Waals surface area contributed by atoms with Crippen LogP contribution in [0.15, 0.2) is 34.9 Å². The number of hydrogen-bond donors (Lipinski definition) is 1. The topological polar surface area (TPSA) is 34.1 Å². The summed E-state index contributed by atoms with van der Waals surface area (Å²) in [6.45, 7) is 4.11. The molecule has 0 saturated carbocycles. The average molecular weight is 307 g/mol. The maximum Gasteiger partial charge on any atom is 0.142 e. The Labute approximate surface area is 115 Å². The molecule has 0 amide bonds. The highest BCUT2D eigenvalue weighted by Gasteiger charge is 2.08. The summed E-state index contributed by atoms with van der Waals surface area (Å²) in [7, 11) is 1.68. The van der Waals surface area contributed by atoms with E-state index in [1.54, 1.807) is 13.3 Å². The molecular weight excluding hydrogens is 292 g/mol. The molecule has 1 aromatic carbocycles. The molecule has 0 radical (unpaired) electrons. The van der Waals surface area contributed by atoms with Crippen molar-refractivity contribution in [2.75, 3.05) is 12.4 Å². The van der Waals surface area contributed by atoms with E-state index in [0.29, 0.717) is 0 Å². The Morgan fingerprint density at radius 1 is 1.22 bits per heavy atom. The van der Waals surface area contributed by atoms with Crippen LogP contribution in [0.4, 0.5) is 11.5 Å². The highest BCUT2D eigenvalue weighted by molar-refractivity contribution is 9.10. The number of pyridine rings is 1. The second kappa shape index (κ2) is 5.40. The maximum atomic E-state index is 5.40. The largest absolute Gasteiger partial charge is 0.495 e. The van der Waals surface area contributed by atoms with Crippen LogP contribution in [-0.2, 0) is 0 Å². The number of aromatic nitrogens is 1. The molecule has 0 aliphatic heterocycles. The second-order valence-electron chi connectivity index (χ2n) is 4.15. The van der Waals surface area contributed by atoms with E-state index in [-0.39, 0.29) is 0 Å². The summed E-state index contributed by atoms with van der Waals surface area (Å²) in [6.07, 6.45) is 1.76. The molecule has 3 nitrogen and oxygen atoms in total. The van der Waals surface area contributed by atoms with Crippen molar-refractivity contribution in [1.29, 1.82) is 0 Å². The SMILES string of the molecule is COc1cc(C)cc(C)c1Nc1ccc(Br)cn1. The van der Waals surface area contributed by atoms with Gasteiger partial charge in [-0.05, 0) is 59.1 Å². The van der Waals surface area contributed by atoms with Crippen molar-refractivity contribution >= 4 is 27.4 Å². The molecule has 1 N–H and O–H groups in total. The van der Waals surface area contributed by atoms with Gasteiger partial charge in [0.1, 0.15) is 11.6 Å². The van der Waals surface area contributed by atoms with Crippen molar-refractivity contribution in [3.63, 3.8) is 0 Å². The lowest BCUT2D eigenvalue weighted by Gasteiger charge is -2.14. The van der Waals surface area contributed by atoms with E-state index in [0.717, 1.165) is 27.3 Å². The molecule has 1 aromatic heterocycles. The molecule has 0 unspecified atom stereocenters. The fraction of sp³-hybridized carbons (Fsp3) is 0.214. The van der Waals surface area contributed by atoms with Crippen molar-refractivity contribution in [3.8, 4) is 5.75 Å². The van der Waals surface area contributed by atoms with Crippen molar-refractivity contribution in [2.45, 2.75) is 13.8 Å². The van der Waals surface area contributed by atoms with Crippen molar-refractivity contribution in [1.82, 2.24) is 4.98 Å². The number of benzene rings is 1. The number of anilines is 2. The van der Waals surface area contributed by atoms with Gasteiger partial charge >= 0.3 is 0 Å². The summed E-state index contributed by atoms with van der Waals surface area (Å²) < 4.78 is 6.36. The normalized spacial score (nSPS) is 10.2. The second-order valence-corrected chi connectivity index (χ2v) is 5.06. The lowest BCUT2D eigenvalue weighted by molar-refractivity contribution is 0.416. The maximum absolute atomic E-state index is 5.40. The van der Waals surface area contributed by atoms with E-state index in [1.807, 2.05) is 18.2 Å². The van der Waals surface area contributed by atoms with Crippen LogP contribution >= 0.6 is 15.9 Å². The molecule has 2 rings (SSSR count). The zero-order valence-electron chi connectivity index (χ0n) is 10.6. The molecular formula is C14H15BrN2O. The van der Waals surface area contributed by atoms with Gasteiger partial charge in [0.25, 0.3) is 0 Å². The molecule has 0 spiro atoms. The number of nitrogens with zero attached hydrogens (tertiary/aromatic N) is 1. The Hall–Kier alpha value is -1.55. The van der Waals surface area contributed by atoms with Gasteiger partial charge in [-0.1, -0.05) is 6.07 Å². The summed E-state index contributed by atoms with van der Waals surface area (Å²) in [6, 6.07) is 7.99. The van der Waals surface area contributed by atoms with Crippen LogP contribution in [0.2, 0.25) is 0 Å². The Kier molecular flexibility index (Phi) is 3.87. The molecule has 0 aliphatic carbocycles. The first kappa shape index (κ1) is 12.9. The van der Waals surface area contributed by atoms with Crippen LogP contribution in [0, 0.1) is 13.8 Å². The zero-order chi connectivity index (χ0) is 13.1. The molecule has 0 aliphatic rings. The first-order chi connectivity index (χ1) is 8.60. The number of halogens is 1. The molecule has 94 valence electrons. The number of hydrogen-bond acceptors (Lipinski definition) is 3. The van der Waals surface area contributed by atoms with E-state index in [4.69, 9.17) is 4.74 Å². The van der Waals surface area contributed by atoms with Crippen LogP contribution in [-0.4, -0.2) is 12.1 Å². The third-order valence-corrected chi connectivity index (χ3v) is 3.11. The summed E-state index contributed by atoms with van der Waals surface area (Å²) in [5.74, 6) is 1.63. The van der Waals surface area contributed by atoms with Crippen LogP contribution in [0.1, 0.15) is 11.1 Å². The third kappa shape index (κ3) is 2.82. The van der Waals surface area contributed by atoms with E-state index >= 15 is 0 Å². The Morgan fingerprint density at radius 2 is 2.00 bits per heavy atom. The first-order valence-electron chi connectivity index (χ1n) is 5.64. The van der Waals surface area contributed by atoms with Crippen LogP contribution in [0.25, 0.3) is 0 Å². The predicted octanol–water partition coefficient (Wildman–Crippen LogP) is 4.21. The monoisotopic (exact) mass is 306 g/mol. The van der Waals surface area contributed by atoms with Gasteiger partial charge in [-0.3, -0.25) is 0 Å². The standard InChI is InChI=1S/C14H15BrN2O/c1-9-6-10(2)14(12(7-9)18-3)17-13-5-4-11(15)8-16-13/h4-8H,1-3H3,(H,16,17). The number of ether oxygens (including phenoxy) is 1. The highest BCUT2D eigenvalue weighted by atomic mass is 79.9. The molecule has 0 saturated heterocycles. The molecule has 4 heteroatoms. The van der Waals surface area contributed by atoms with Gasteiger partial charge in [0.15, 0.2) is 0 Å². The minimum atomic E-state index is 0.795. The van der Waals surface area contributed by atoms with E-state index in [9.17, 15) is 0 Å². The van der Waals surface area contributed by atoms with Gasteiger partial charge in [0.05, 0.1) is 12.8 Å². The minimum absolute atomic E-state index is 0.795. The summed E-state index contributed by atoms with van der Waals surface area (Å²) in [5, 5.41) is 3.29. The lowest BCUT2D eigenvalue weighted by Crippen LogP contribution is -1.99. The van der Waals surface area contributed by atoms with Gasteiger partial charge in [0.2, 0.25) is 0 Å². The van der Waals surface area contributed by atoms with Crippen LogP contribution in [0.3, 0.4) is 0 Å². The number of rotatable bonds is 3. The van der Waals surface area contributed by atoms with Crippen molar-refractivity contribution < 1.29 is 4.74 Å². The van der Waals surface area contributed by atoms with E-state index in [2.05, 4.69) is 46.1 Å². The van der Waals surface area contributed by atoms with Gasteiger partial charge in [-0.25, -0.2) is 4.98 Å². The molecule has 1 heterocycles. The van der Waals surface area contributed by atoms with Crippen LogP contribution < -0.4 is 10.1 Å². The van der Waals surface area contributed by atoms with Crippen molar-refractivity contribution in [2.24, 2.45) is 0 Å². The van der Waals surface area contributed by atoms with Gasteiger partial charge < -0.3 is 10.1 Å². The van der Waals surface area contributed by atoms with Crippen LogP contribution in [0.5, 0.6) is 5.75 Å². The third-order valence-electron chi connectivity index (χ3n) is 2.64. The molecule has 2 aromatic rings. The van der Waals surface area contributed by atoms with Gasteiger partial charge in [-0.2, -0.15) is 0 Å². The van der Waals surface area contributed by atoms with Gasteiger partial charge in [-0.15, -0.1) is 0 Å². The van der Waals surface area contributed by atoms with Crippen molar-refractivity contribution in [3.05, 3.63) is 46.1 Å². The van der Waals surface area contributed by atoms with Gasteiger partial charge in [0, 0.05) is 10.7 Å². The first-order valence-corrected chi connectivity index (χ1v) is 6.43. The van der Waals surface area contributed by atoms with E-state index in [1.165, 1.54) is 5.56 Å². The number of aryl methyl sites for hydroxylation is 2. The molecule has 0 fully saturated rings. The zero-order valence-corrected chi connectivity index (χ0v) is 12.2. The number of nitrogens with one attached hydrogen (secondary N) is 1. The Balaban J connectivity index is 2.36. The number of methoxy groups -OCH3 is 1. The smallest absolute Gasteiger partial charge is 0.142 e. The molecule has 18 heavy (non-hydrogen) atoms. The minimum Gasteiger partial charge on any atom is -0.495 e. The lowest BCUT2D eigenvalue weighted by atomic mass is 10.1. The highest BCUT2D eigenvalue weighted by Crippen LogP contribution is 2.31. The Morgan fingerprint density at radius 3 is 2.61 bits per heavy atom. The fourth-order valence-corrected chi connectivity index (χ4v) is 2.06. The summed E-state index contributed by atoms with van der Waals surface area (Å²) in [4.78, 5) is 4.30. The molecule has 0 atom stereocenters. The Bertz CT molecular complexity index is 552. The van der Waals surface area contributed by atoms with E-state index < -0.39 is 0 Å². The summed E-state index contributed by atoms with van der Waals surface area (Å²) >= 11 is 3.37. The summed E-state index contributed by atoms with van der Waals surface area (Å²) in [5.41, 5.74) is 3.27. The fourth-order valence-electron chi connectivity index (χ4n) is 1.83. The average Bonchev–Trinajstić information content (AvgIpc) is 2.34. The quantitative estimate of drug-likeness (QED) is 0.922. The predicted molar refractivity (Wildman–Crippen MR) is 77.7 cm³/mol. The molecule has 0 bridgehead atoms.